The number of methoxy groups -OCH3 is 1. The molecule has 0 N–H and O–H groups in total. The number of hydrogen-bond acceptors (Lipinski definition) is 3. The van der Waals surface area contributed by atoms with Gasteiger partial charge in [0.15, 0.2) is 11.5 Å². The van der Waals surface area contributed by atoms with Crippen LogP contribution < -0.4 is 9.47 Å². The molecule has 1 aromatic rings. The van der Waals surface area contributed by atoms with E-state index in [1.165, 1.54) is 0 Å². The predicted molar refractivity (Wildman–Crippen MR) is 60.8 cm³/mol. The molecule has 16 heavy (non-hydrogen) atoms. The van der Waals surface area contributed by atoms with Crippen molar-refractivity contribution < 1.29 is 14.3 Å². The number of Topliss-reactive ketones (excluding diaryl/α,β-unsaturated/α-hetero) is 1. The summed E-state index contributed by atoms with van der Waals surface area (Å²) in [6.07, 6.45) is 2.63. The van der Waals surface area contributed by atoms with Crippen molar-refractivity contribution in [2.24, 2.45) is 5.92 Å². The van der Waals surface area contributed by atoms with Crippen LogP contribution in [0.25, 0.3) is 0 Å². The zero-order valence-corrected chi connectivity index (χ0v) is 9.44. The zero-order valence-electron chi connectivity index (χ0n) is 9.44. The van der Waals surface area contributed by atoms with Crippen molar-refractivity contribution in [3.8, 4) is 11.5 Å². The second-order valence-electron chi connectivity index (χ2n) is 3.99. The lowest BCUT2D eigenvalue weighted by Crippen LogP contribution is -2.08. The number of ether oxygens (including phenoxy) is 2. The first-order valence-electron chi connectivity index (χ1n) is 5.60. The molecule has 0 spiro atoms. The molecule has 1 aliphatic rings. The first-order chi connectivity index (χ1) is 7.81. The fraction of sp³-hybridized carbons (Fsp3) is 0.462. The van der Waals surface area contributed by atoms with E-state index in [-0.39, 0.29) is 0 Å². The molecule has 0 aliphatic heterocycles. The van der Waals surface area contributed by atoms with Gasteiger partial charge in [-0.05, 0) is 25.0 Å². The lowest BCUT2D eigenvalue weighted by molar-refractivity contribution is -0.120. The summed E-state index contributed by atoms with van der Waals surface area (Å²) in [5.74, 6) is 2.06. The quantitative estimate of drug-likeness (QED) is 0.738. The van der Waals surface area contributed by atoms with Gasteiger partial charge in [-0.15, -0.1) is 0 Å². The van der Waals surface area contributed by atoms with Gasteiger partial charge in [-0.25, -0.2) is 0 Å². The maximum absolute atomic E-state index is 11.4. The van der Waals surface area contributed by atoms with Crippen molar-refractivity contribution in [2.75, 3.05) is 13.7 Å². The zero-order chi connectivity index (χ0) is 11.4. The Hall–Kier alpha value is -1.51. The molecule has 0 bridgehead atoms. The van der Waals surface area contributed by atoms with E-state index in [1.807, 2.05) is 24.3 Å². The number of para-hydroxylation sites is 2. The van der Waals surface area contributed by atoms with Crippen molar-refractivity contribution >= 4 is 5.78 Å². The summed E-state index contributed by atoms with van der Waals surface area (Å²) in [5, 5.41) is 0. The Balaban J connectivity index is 1.81. The summed E-state index contributed by atoms with van der Waals surface area (Å²) in [7, 11) is 1.61. The second-order valence-corrected chi connectivity index (χ2v) is 3.99. The summed E-state index contributed by atoms with van der Waals surface area (Å²) < 4.78 is 10.7. The van der Waals surface area contributed by atoms with Crippen LogP contribution in [0.4, 0.5) is 0 Å². The average Bonchev–Trinajstić information content (AvgIpc) is 3.13. The van der Waals surface area contributed by atoms with Crippen molar-refractivity contribution in [2.45, 2.75) is 19.3 Å². The number of carbonyl (C=O) groups excluding carboxylic acids is 1. The normalized spacial score (nSPS) is 14.6. The SMILES string of the molecule is COc1ccccc1OCCC(=O)C1CC1. The number of benzene rings is 1. The van der Waals surface area contributed by atoms with E-state index >= 15 is 0 Å². The highest BCUT2D eigenvalue weighted by Gasteiger charge is 2.28. The summed E-state index contributed by atoms with van der Waals surface area (Å²) in [5.41, 5.74) is 0. The van der Waals surface area contributed by atoms with Crippen molar-refractivity contribution in [3.05, 3.63) is 24.3 Å². The third-order valence-electron chi connectivity index (χ3n) is 2.71. The Morgan fingerprint density at radius 3 is 2.62 bits per heavy atom. The molecule has 3 heteroatoms. The molecule has 1 aliphatic carbocycles. The molecule has 3 nitrogen and oxygen atoms in total. The van der Waals surface area contributed by atoms with Crippen molar-refractivity contribution in [1.29, 1.82) is 0 Å². The lowest BCUT2D eigenvalue weighted by Gasteiger charge is -2.09. The van der Waals surface area contributed by atoms with Gasteiger partial charge in [0.05, 0.1) is 13.7 Å². The smallest absolute Gasteiger partial charge is 0.161 e. The standard InChI is InChI=1S/C13H16O3/c1-15-12-4-2-3-5-13(12)16-9-8-11(14)10-6-7-10/h2-5,10H,6-9H2,1H3. The molecule has 0 amide bonds. The van der Waals surface area contributed by atoms with Gasteiger partial charge in [0.25, 0.3) is 0 Å². The van der Waals surface area contributed by atoms with Gasteiger partial charge in [0.2, 0.25) is 0 Å². The highest BCUT2D eigenvalue weighted by atomic mass is 16.5. The third-order valence-corrected chi connectivity index (χ3v) is 2.71. The van der Waals surface area contributed by atoms with Gasteiger partial charge in [-0.3, -0.25) is 4.79 Å². The molecular weight excluding hydrogens is 204 g/mol. The molecule has 2 rings (SSSR count). The maximum atomic E-state index is 11.4. The number of carbonyl (C=O) groups is 1. The minimum absolute atomic E-state index is 0.321. The molecule has 0 aromatic heterocycles. The van der Waals surface area contributed by atoms with Gasteiger partial charge < -0.3 is 9.47 Å². The first kappa shape index (κ1) is 11.0. The van der Waals surface area contributed by atoms with Crippen LogP contribution in [-0.2, 0) is 4.79 Å². The molecule has 1 aromatic carbocycles. The first-order valence-corrected chi connectivity index (χ1v) is 5.60. The van der Waals surface area contributed by atoms with Gasteiger partial charge >= 0.3 is 0 Å². The van der Waals surface area contributed by atoms with E-state index in [0.717, 1.165) is 12.8 Å². The van der Waals surface area contributed by atoms with Crippen molar-refractivity contribution in [3.63, 3.8) is 0 Å². The molecular formula is C13H16O3. The van der Waals surface area contributed by atoms with Crippen LogP contribution in [0, 0.1) is 5.92 Å². The van der Waals surface area contributed by atoms with Gasteiger partial charge in [-0.2, -0.15) is 0 Å². The molecule has 0 radical (unpaired) electrons. The molecule has 0 saturated heterocycles. The monoisotopic (exact) mass is 220 g/mol. The topological polar surface area (TPSA) is 35.5 Å². The minimum Gasteiger partial charge on any atom is -0.493 e. The molecule has 86 valence electrons. The fourth-order valence-electron chi connectivity index (χ4n) is 1.61. The Morgan fingerprint density at radius 1 is 1.31 bits per heavy atom. The molecule has 0 unspecified atom stereocenters. The third kappa shape index (κ3) is 2.75. The van der Waals surface area contributed by atoms with Crippen LogP contribution >= 0.6 is 0 Å². The average molecular weight is 220 g/mol. The lowest BCUT2D eigenvalue weighted by atomic mass is 10.2. The Labute approximate surface area is 95.4 Å². The van der Waals surface area contributed by atoms with Crippen LogP contribution in [0.3, 0.4) is 0 Å². The van der Waals surface area contributed by atoms with Crippen LogP contribution in [-0.4, -0.2) is 19.5 Å². The molecule has 1 saturated carbocycles. The number of hydrogen-bond donors (Lipinski definition) is 0. The Morgan fingerprint density at radius 2 is 2.00 bits per heavy atom. The minimum atomic E-state index is 0.321. The van der Waals surface area contributed by atoms with E-state index in [9.17, 15) is 4.79 Å². The van der Waals surface area contributed by atoms with Crippen LogP contribution in [0.2, 0.25) is 0 Å². The van der Waals surface area contributed by atoms with E-state index in [2.05, 4.69) is 0 Å². The summed E-state index contributed by atoms with van der Waals surface area (Å²) in [6.45, 7) is 0.440. The van der Waals surface area contributed by atoms with E-state index < -0.39 is 0 Å². The van der Waals surface area contributed by atoms with Gasteiger partial charge in [-0.1, -0.05) is 12.1 Å². The Bertz CT molecular complexity index is 369. The largest absolute Gasteiger partial charge is 0.493 e. The summed E-state index contributed by atoms with van der Waals surface area (Å²) in [6, 6.07) is 7.47. The molecule has 0 heterocycles. The van der Waals surface area contributed by atoms with Crippen LogP contribution in [0.15, 0.2) is 24.3 Å². The van der Waals surface area contributed by atoms with E-state index in [0.29, 0.717) is 36.2 Å². The summed E-state index contributed by atoms with van der Waals surface area (Å²) in [4.78, 5) is 11.4. The van der Waals surface area contributed by atoms with Gasteiger partial charge in [0, 0.05) is 12.3 Å². The number of rotatable bonds is 6. The maximum Gasteiger partial charge on any atom is 0.161 e. The van der Waals surface area contributed by atoms with Crippen LogP contribution in [0.5, 0.6) is 11.5 Å². The van der Waals surface area contributed by atoms with E-state index in [4.69, 9.17) is 9.47 Å². The fourth-order valence-corrected chi connectivity index (χ4v) is 1.61. The second kappa shape index (κ2) is 5.01. The van der Waals surface area contributed by atoms with Crippen LogP contribution in [0.1, 0.15) is 19.3 Å². The highest BCUT2D eigenvalue weighted by molar-refractivity contribution is 5.83. The number of ketones is 1. The molecule has 1 fully saturated rings. The van der Waals surface area contributed by atoms with Crippen molar-refractivity contribution in [1.82, 2.24) is 0 Å². The molecule has 0 atom stereocenters. The predicted octanol–water partition coefficient (Wildman–Crippen LogP) is 2.44. The Kier molecular flexibility index (Phi) is 3.44. The van der Waals surface area contributed by atoms with E-state index in [1.54, 1.807) is 7.11 Å². The summed E-state index contributed by atoms with van der Waals surface area (Å²) >= 11 is 0. The highest BCUT2D eigenvalue weighted by Crippen LogP contribution is 2.31. The van der Waals surface area contributed by atoms with Gasteiger partial charge in [0.1, 0.15) is 5.78 Å².